The molecule has 1 aliphatic heterocycles. The summed E-state index contributed by atoms with van der Waals surface area (Å²) in [5.41, 5.74) is 27.9. The van der Waals surface area contributed by atoms with Gasteiger partial charge in [0.1, 0.15) is 0 Å². The molecule has 1 aliphatic carbocycles. The van der Waals surface area contributed by atoms with E-state index in [2.05, 4.69) is 337 Å². The first-order chi connectivity index (χ1) is 42.2. The number of benzene rings is 14. The van der Waals surface area contributed by atoms with Crippen molar-refractivity contribution in [2.75, 3.05) is 4.90 Å². The highest BCUT2D eigenvalue weighted by atomic mass is 15.1. The lowest BCUT2D eigenvalue weighted by Crippen LogP contribution is -2.28. The summed E-state index contributed by atoms with van der Waals surface area (Å²) in [6.07, 6.45) is 0. The topological polar surface area (TPSA) is 8.17 Å². The number of para-hydroxylation sites is 1. The van der Waals surface area contributed by atoms with Crippen molar-refractivity contribution in [1.29, 1.82) is 0 Å². The van der Waals surface area contributed by atoms with E-state index in [1.807, 2.05) is 0 Å². The third-order valence-electron chi connectivity index (χ3n) is 18.2. The zero-order valence-electron chi connectivity index (χ0n) is 46.6. The molecule has 0 saturated heterocycles. The molecule has 14 aromatic carbocycles. The maximum Gasteiger partial charge on any atom is 0.0714 e. The summed E-state index contributed by atoms with van der Waals surface area (Å²) in [6.45, 7) is 0. The molecule has 0 saturated carbocycles. The Morgan fingerprint density at radius 2 is 0.812 bits per heavy atom. The van der Waals surface area contributed by atoms with Crippen LogP contribution in [0.3, 0.4) is 0 Å². The molecule has 15 aromatic rings. The van der Waals surface area contributed by atoms with Gasteiger partial charge in [-0.15, -0.1) is 0 Å². The Morgan fingerprint density at radius 3 is 1.55 bits per heavy atom. The lowest BCUT2D eigenvalue weighted by atomic mass is 9.67. The molecule has 2 aliphatic rings. The molecule has 0 spiro atoms. The molecule has 0 bridgehead atoms. The Kier molecular flexibility index (Phi) is 11.2. The number of nitrogens with zero attached hydrogens (tertiary/aromatic N) is 2. The summed E-state index contributed by atoms with van der Waals surface area (Å²) >= 11 is 0. The lowest BCUT2D eigenvalue weighted by Gasteiger charge is -2.35. The van der Waals surface area contributed by atoms with E-state index in [9.17, 15) is 0 Å². The summed E-state index contributed by atoms with van der Waals surface area (Å²) in [5.74, 6) is 0. The van der Waals surface area contributed by atoms with Crippen molar-refractivity contribution in [3.8, 4) is 83.6 Å². The monoisotopic (exact) mass is 1080 g/mol. The Bertz CT molecular complexity index is 5080. The van der Waals surface area contributed by atoms with E-state index >= 15 is 0 Å². The van der Waals surface area contributed by atoms with Crippen molar-refractivity contribution in [3.05, 3.63) is 350 Å². The molecule has 1 unspecified atom stereocenters. The lowest BCUT2D eigenvalue weighted by molar-refractivity contribution is 0.769. The van der Waals surface area contributed by atoms with E-state index in [0.29, 0.717) is 0 Å². The van der Waals surface area contributed by atoms with Gasteiger partial charge in [0.25, 0.3) is 0 Å². The molecule has 0 fully saturated rings. The van der Waals surface area contributed by atoms with Crippen LogP contribution in [0.1, 0.15) is 22.3 Å². The zero-order valence-corrected chi connectivity index (χ0v) is 46.6. The van der Waals surface area contributed by atoms with Crippen LogP contribution in [0.25, 0.3) is 116 Å². The van der Waals surface area contributed by atoms with E-state index in [1.54, 1.807) is 0 Å². The van der Waals surface area contributed by atoms with Crippen molar-refractivity contribution in [2.45, 2.75) is 5.41 Å². The van der Waals surface area contributed by atoms with Gasteiger partial charge in [0, 0.05) is 38.8 Å². The van der Waals surface area contributed by atoms with Gasteiger partial charge in [0.2, 0.25) is 0 Å². The average Bonchev–Trinajstić information content (AvgIpc) is 1.55. The molecule has 17 rings (SSSR count). The van der Waals surface area contributed by atoms with Gasteiger partial charge in [0.15, 0.2) is 0 Å². The van der Waals surface area contributed by atoms with Crippen LogP contribution in [0.5, 0.6) is 0 Å². The fraction of sp³-hybridized carbons (Fsp3) is 0.0120. The summed E-state index contributed by atoms with van der Waals surface area (Å²) in [6, 6.07) is 122. The highest BCUT2D eigenvalue weighted by Crippen LogP contribution is 2.63. The second-order valence-electron chi connectivity index (χ2n) is 22.7. The van der Waals surface area contributed by atoms with Gasteiger partial charge in [-0.05, 0) is 155 Å². The van der Waals surface area contributed by atoms with Gasteiger partial charge < -0.3 is 9.47 Å². The van der Waals surface area contributed by atoms with E-state index < -0.39 is 5.41 Å². The van der Waals surface area contributed by atoms with Crippen LogP contribution in [-0.2, 0) is 5.41 Å². The second-order valence-corrected chi connectivity index (χ2v) is 22.7. The van der Waals surface area contributed by atoms with E-state index in [4.69, 9.17) is 0 Å². The van der Waals surface area contributed by atoms with E-state index in [0.717, 1.165) is 33.9 Å². The van der Waals surface area contributed by atoms with Crippen LogP contribution >= 0.6 is 0 Å². The Morgan fingerprint density at radius 1 is 0.271 bits per heavy atom. The minimum atomic E-state index is -0.685. The zero-order chi connectivity index (χ0) is 56.0. The maximum absolute atomic E-state index is 2.59. The molecule has 1 aromatic heterocycles. The number of anilines is 3. The van der Waals surface area contributed by atoms with Gasteiger partial charge in [-0.2, -0.15) is 0 Å². The number of rotatable bonds is 10. The maximum atomic E-state index is 2.59. The van der Waals surface area contributed by atoms with Crippen molar-refractivity contribution in [3.63, 3.8) is 0 Å². The summed E-state index contributed by atoms with van der Waals surface area (Å²) in [4.78, 5) is 2.49. The first-order valence-electron chi connectivity index (χ1n) is 29.5. The molecule has 2 heteroatoms. The van der Waals surface area contributed by atoms with Crippen LogP contribution in [-0.4, -0.2) is 4.57 Å². The number of hydrogen-bond donors (Lipinski definition) is 0. The SMILES string of the molecule is c1ccc(-c2ccc(C3(c4cccc(-c5ccccc5)c4)c4cccc5c4-c4c3ccc3c6ccccc6n(c43)-c3ccc(N(c4ccc(-c6ccc7ccccc7c6)cc4)c4ccc(-c6ccccc6)cc4-c4ccccc4)cc3-5)cc2)cc1. The fourth-order valence-corrected chi connectivity index (χ4v) is 14.3. The minimum Gasteiger partial charge on any atom is -0.310 e. The third kappa shape index (κ3) is 7.66. The van der Waals surface area contributed by atoms with Gasteiger partial charge in [-0.3, -0.25) is 0 Å². The summed E-state index contributed by atoms with van der Waals surface area (Å²) in [5, 5.41) is 4.96. The van der Waals surface area contributed by atoms with Crippen LogP contribution in [0.2, 0.25) is 0 Å². The summed E-state index contributed by atoms with van der Waals surface area (Å²) in [7, 11) is 0. The predicted octanol–water partition coefficient (Wildman–Crippen LogP) is 22.1. The predicted molar refractivity (Wildman–Crippen MR) is 356 cm³/mol. The normalized spacial score (nSPS) is 13.7. The highest BCUT2D eigenvalue weighted by Gasteiger charge is 2.49. The van der Waals surface area contributed by atoms with Crippen LogP contribution < -0.4 is 4.90 Å². The van der Waals surface area contributed by atoms with Crippen molar-refractivity contribution in [2.24, 2.45) is 0 Å². The summed E-state index contributed by atoms with van der Waals surface area (Å²) < 4.78 is 2.59. The average molecular weight is 1080 g/mol. The molecule has 2 nitrogen and oxygen atoms in total. The number of aromatic nitrogens is 1. The van der Waals surface area contributed by atoms with Gasteiger partial charge in [-0.1, -0.05) is 267 Å². The Labute approximate surface area is 495 Å². The first-order valence-corrected chi connectivity index (χ1v) is 29.5. The van der Waals surface area contributed by atoms with Crippen LogP contribution in [0, 0.1) is 0 Å². The number of fused-ring (bicyclic) bond motifs is 7. The molecule has 2 heterocycles. The highest BCUT2D eigenvalue weighted by molar-refractivity contribution is 6.19. The molecular weight excluding hydrogens is 1020 g/mol. The third-order valence-corrected chi connectivity index (χ3v) is 18.2. The quantitative estimate of drug-likeness (QED) is 0.133. The van der Waals surface area contributed by atoms with Gasteiger partial charge >= 0.3 is 0 Å². The van der Waals surface area contributed by atoms with E-state index in [-0.39, 0.29) is 0 Å². The molecule has 396 valence electrons. The first kappa shape index (κ1) is 48.6. The fourth-order valence-electron chi connectivity index (χ4n) is 14.3. The molecule has 85 heavy (non-hydrogen) atoms. The molecule has 0 N–H and O–H groups in total. The Balaban J connectivity index is 0.933. The second kappa shape index (κ2) is 19.6. The number of hydrogen-bond acceptors (Lipinski definition) is 1. The van der Waals surface area contributed by atoms with E-state index in [1.165, 1.54) is 122 Å². The minimum absolute atomic E-state index is 0.685. The van der Waals surface area contributed by atoms with Gasteiger partial charge in [0.05, 0.1) is 27.8 Å². The largest absolute Gasteiger partial charge is 0.310 e. The van der Waals surface area contributed by atoms with Crippen molar-refractivity contribution in [1.82, 2.24) is 4.57 Å². The van der Waals surface area contributed by atoms with Crippen molar-refractivity contribution < 1.29 is 0 Å². The molecular formula is C83H54N2. The van der Waals surface area contributed by atoms with Crippen LogP contribution in [0.15, 0.2) is 328 Å². The Hall–Kier alpha value is -11.1. The molecule has 0 radical (unpaired) electrons. The standard InChI is InChI=1S/C83H54N2/c1-5-19-55(20-6-1)59-37-42-66(43-38-59)83(67-30-17-29-63(52-67)56-21-7-2-8-22-56)75-33-18-32-71-74-54-69(46-50-79(74)85-77-34-16-15-31-70(77)72-47-48-76(83)81(80(71)75)82(72)85)84(68-44-39-60(40-45-68)64-36-35-58-25-13-14-28-62(58)51-64)78-49-41-65(57-23-9-3-10-24-57)53-73(78)61-26-11-4-12-27-61/h1-54H. The molecule has 1 atom stereocenters. The van der Waals surface area contributed by atoms with Crippen molar-refractivity contribution >= 4 is 49.6 Å². The van der Waals surface area contributed by atoms with Crippen LogP contribution in [0.4, 0.5) is 17.1 Å². The van der Waals surface area contributed by atoms with Gasteiger partial charge in [-0.25, -0.2) is 0 Å². The molecule has 0 amide bonds. The smallest absolute Gasteiger partial charge is 0.0714 e.